The number of amides is 1. The Labute approximate surface area is 144 Å². The van der Waals surface area contributed by atoms with Crippen molar-refractivity contribution >= 4 is 11.6 Å². The summed E-state index contributed by atoms with van der Waals surface area (Å²) in [6, 6.07) is 14.6. The molecule has 0 saturated carbocycles. The van der Waals surface area contributed by atoms with Gasteiger partial charge in [-0.15, -0.1) is 0 Å². The number of hydrogen-bond donors (Lipinski definition) is 0. The molecule has 6 heteroatoms. The molecule has 0 spiro atoms. The van der Waals surface area contributed by atoms with Crippen LogP contribution in [0.3, 0.4) is 0 Å². The molecule has 1 amide bonds. The minimum atomic E-state index is -0.195. The molecular formula is C19H18N4O2. The van der Waals surface area contributed by atoms with E-state index in [0.717, 1.165) is 17.7 Å². The summed E-state index contributed by atoms with van der Waals surface area (Å²) in [7, 11) is 1.62. The zero-order valence-corrected chi connectivity index (χ0v) is 13.9. The Balaban J connectivity index is 1.78. The summed E-state index contributed by atoms with van der Waals surface area (Å²) in [5, 5.41) is 4.33. The van der Waals surface area contributed by atoms with Crippen molar-refractivity contribution in [3.63, 3.8) is 0 Å². The van der Waals surface area contributed by atoms with Crippen LogP contribution in [0.2, 0.25) is 0 Å². The van der Waals surface area contributed by atoms with Crippen molar-refractivity contribution in [2.45, 2.75) is 12.5 Å². The molecular weight excluding hydrogens is 316 g/mol. The average Bonchev–Trinajstić information content (AvgIpc) is 3.17. The molecule has 1 aliphatic heterocycles. The number of carbonyl (C=O) groups is 1. The summed E-state index contributed by atoms with van der Waals surface area (Å²) in [5.74, 6) is -0.176. The molecule has 0 N–H and O–H groups in total. The molecule has 1 aromatic carbocycles. The van der Waals surface area contributed by atoms with Crippen LogP contribution in [0.15, 0.2) is 65.7 Å². The van der Waals surface area contributed by atoms with Gasteiger partial charge in [0.05, 0.1) is 6.04 Å². The number of benzene rings is 1. The molecule has 6 nitrogen and oxygen atoms in total. The van der Waals surface area contributed by atoms with E-state index in [9.17, 15) is 9.59 Å². The Bertz CT molecular complexity index is 975. The normalized spacial score (nSPS) is 16.5. The Kier molecular flexibility index (Phi) is 3.72. The van der Waals surface area contributed by atoms with Crippen molar-refractivity contribution < 1.29 is 4.79 Å². The average molecular weight is 334 g/mol. The van der Waals surface area contributed by atoms with Crippen molar-refractivity contribution in [2.24, 2.45) is 7.05 Å². The highest BCUT2D eigenvalue weighted by atomic mass is 16.2. The van der Waals surface area contributed by atoms with Gasteiger partial charge in [0, 0.05) is 37.7 Å². The highest BCUT2D eigenvalue weighted by Gasteiger charge is 2.30. The number of aromatic nitrogens is 3. The second kappa shape index (κ2) is 6.05. The van der Waals surface area contributed by atoms with Gasteiger partial charge in [0.15, 0.2) is 0 Å². The molecule has 3 aromatic rings. The van der Waals surface area contributed by atoms with Crippen LogP contribution in [0.1, 0.15) is 22.1 Å². The molecule has 3 heterocycles. The van der Waals surface area contributed by atoms with Crippen LogP contribution in [0.4, 0.5) is 5.69 Å². The first-order valence-corrected chi connectivity index (χ1v) is 8.20. The molecule has 0 saturated heterocycles. The molecule has 0 radical (unpaired) electrons. The predicted molar refractivity (Wildman–Crippen MR) is 94.8 cm³/mol. The summed E-state index contributed by atoms with van der Waals surface area (Å²) in [6.07, 6.45) is 4.47. The summed E-state index contributed by atoms with van der Waals surface area (Å²) >= 11 is 0. The van der Waals surface area contributed by atoms with Crippen LogP contribution in [0.25, 0.3) is 0 Å². The number of para-hydroxylation sites is 1. The Morgan fingerprint density at radius 2 is 1.96 bits per heavy atom. The maximum Gasteiger partial charge on any atom is 0.275 e. The van der Waals surface area contributed by atoms with Gasteiger partial charge in [-0.3, -0.25) is 14.3 Å². The van der Waals surface area contributed by atoms with Gasteiger partial charge < -0.3 is 9.47 Å². The third-order valence-electron chi connectivity index (χ3n) is 4.68. The van der Waals surface area contributed by atoms with E-state index in [1.54, 1.807) is 30.3 Å². The summed E-state index contributed by atoms with van der Waals surface area (Å²) in [5.41, 5.74) is 2.18. The van der Waals surface area contributed by atoms with E-state index in [0.29, 0.717) is 12.2 Å². The molecule has 0 fully saturated rings. The number of fused-ring (bicyclic) bond motifs is 1. The Morgan fingerprint density at radius 1 is 1.12 bits per heavy atom. The van der Waals surface area contributed by atoms with E-state index in [1.165, 1.54) is 10.6 Å². The summed E-state index contributed by atoms with van der Waals surface area (Å²) in [6.45, 7) is 0.514. The second-order valence-electron chi connectivity index (χ2n) is 6.20. The van der Waals surface area contributed by atoms with Crippen LogP contribution < -0.4 is 10.5 Å². The first-order valence-electron chi connectivity index (χ1n) is 8.20. The molecule has 0 bridgehead atoms. The van der Waals surface area contributed by atoms with Crippen LogP contribution in [-0.2, 0) is 13.5 Å². The quantitative estimate of drug-likeness (QED) is 0.720. The number of anilines is 1. The third-order valence-corrected chi connectivity index (χ3v) is 4.68. The van der Waals surface area contributed by atoms with E-state index in [2.05, 4.69) is 5.10 Å². The molecule has 0 aliphatic carbocycles. The number of carbonyl (C=O) groups excluding carboxylic acids is 1. The fraction of sp³-hybridized carbons (Fsp3) is 0.211. The van der Waals surface area contributed by atoms with Gasteiger partial charge in [-0.2, -0.15) is 5.10 Å². The second-order valence-corrected chi connectivity index (χ2v) is 6.20. The number of nitrogens with zero attached hydrogens (tertiary/aromatic N) is 4. The lowest BCUT2D eigenvalue weighted by Crippen LogP contribution is -2.42. The minimum absolute atomic E-state index is 0.0644. The Hall–Kier alpha value is -3.15. The number of hydrogen-bond acceptors (Lipinski definition) is 3. The van der Waals surface area contributed by atoms with Gasteiger partial charge in [-0.25, -0.2) is 0 Å². The molecule has 1 unspecified atom stereocenters. The van der Waals surface area contributed by atoms with Crippen LogP contribution in [0.5, 0.6) is 0 Å². The van der Waals surface area contributed by atoms with Crippen LogP contribution >= 0.6 is 0 Å². The van der Waals surface area contributed by atoms with Gasteiger partial charge >= 0.3 is 0 Å². The predicted octanol–water partition coefficient (Wildman–Crippen LogP) is 2.03. The smallest absolute Gasteiger partial charge is 0.275 e. The van der Waals surface area contributed by atoms with Gasteiger partial charge in [0.25, 0.3) is 11.5 Å². The summed E-state index contributed by atoms with van der Waals surface area (Å²) < 4.78 is 3.28. The first-order chi connectivity index (χ1) is 12.1. The lowest BCUT2D eigenvalue weighted by atomic mass is 9.97. The SMILES string of the molecule is Cn1c(C(=O)N2CC(n3cccn3)Cc3ccccc32)cccc1=O. The van der Waals surface area contributed by atoms with E-state index < -0.39 is 0 Å². The van der Waals surface area contributed by atoms with Gasteiger partial charge in [-0.05, 0) is 30.2 Å². The molecule has 25 heavy (non-hydrogen) atoms. The zero-order chi connectivity index (χ0) is 17.4. The fourth-order valence-electron chi connectivity index (χ4n) is 3.36. The third kappa shape index (κ3) is 2.65. The van der Waals surface area contributed by atoms with Gasteiger partial charge in [0.2, 0.25) is 0 Å². The summed E-state index contributed by atoms with van der Waals surface area (Å²) in [4.78, 5) is 26.8. The van der Waals surface area contributed by atoms with Gasteiger partial charge in [0.1, 0.15) is 5.69 Å². The first kappa shape index (κ1) is 15.4. The molecule has 2 aromatic heterocycles. The maximum atomic E-state index is 13.2. The van der Waals surface area contributed by atoms with Crippen molar-refractivity contribution in [1.29, 1.82) is 0 Å². The molecule has 1 aliphatic rings. The van der Waals surface area contributed by atoms with Crippen molar-refractivity contribution in [1.82, 2.24) is 14.3 Å². The highest BCUT2D eigenvalue weighted by Crippen LogP contribution is 2.32. The molecule has 126 valence electrons. The number of rotatable bonds is 2. The van der Waals surface area contributed by atoms with Gasteiger partial charge in [-0.1, -0.05) is 24.3 Å². The lowest BCUT2D eigenvalue weighted by molar-refractivity contribution is 0.0971. The number of pyridine rings is 1. The van der Waals surface area contributed by atoms with Crippen molar-refractivity contribution in [3.05, 3.63) is 82.5 Å². The standard InChI is InChI=1S/C19H18N4O2/c1-21-17(8-4-9-18(21)24)19(25)22-13-15(23-11-5-10-20-23)12-14-6-2-3-7-16(14)22/h2-11,15H,12-13H2,1H3. The molecule has 1 atom stereocenters. The van der Waals surface area contributed by atoms with E-state index in [-0.39, 0.29) is 17.5 Å². The zero-order valence-electron chi connectivity index (χ0n) is 13.9. The van der Waals surface area contributed by atoms with E-state index >= 15 is 0 Å². The molecule has 4 rings (SSSR count). The fourth-order valence-corrected chi connectivity index (χ4v) is 3.36. The Morgan fingerprint density at radius 3 is 2.76 bits per heavy atom. The van der Waals surface area contributed by atoms with E-state index in [1.807, 2.05) is 41.2 Å². The topological polar surface area (TPSA) is 60.1 Å². The maximum absolute atomic E-state index is 13.2. The van der Waals surface area contributed by atoms with Crippen LogP contribution in [0, 0.1) is 0 Å². The van der Waals surface area contributed by atoms with Crippen molar-refractivity contribution in [2.75, 3.05) is 11.4 Å². The largest absolute Gasteiger partial charge is 0.307 e. The minimum Gasteiger partial charge on any atom is -0.307 e. The lowest BCUT2D eigenvalue weighted by Gasteiger charge is -2.35. The van der Waals surface area contributed by atoms with Crippen molar-refractivity contribution in [3.8, 4) is 0 Å². The van der Waals surface area contributed by atoms with E-state index in [4.69, 9.17) is 0 Å². The monoisotopic (exact) mass is 334 g/mol. The highest BCUT2D eigenvalue weighted by molar-refractivity contribution is 6.05. The van der Waals surface area contributed by atoms with Crippen LogP contribution in [-0.4, -0.2) is 26.8 Å².